The molecule has 174 valence electrons. The second-order valence-electron chi connectivity index (χ2n) is 8.90. The molecule has 1 aliphatic heterocycles. The lowest BCUT2D eigenvalue weighted by molar-refractivity contribution is -0.138. The van der Waals surface area contributed by atoms with Gasteiger partial charge in [-0.25, -0.2) is 0 Å². The van der Waals surface area contributed by atoms with Crippen LogP contribution in [0.15, 0.2) is 78.9 Å². The fourth-order valence-corrected chi connectivity index (χ4v) is 4.54. The third kappa shape index (κ3) is 4.91. The molecule has 0 aliphatic carbocycles. The lowest BCUT2D eigenvalue weighted by Crippen LogP contribution is -2.54. The maximum absolute atomic E-state index is 11.4. The van der Waals surface area contributed by atoms with Crippen molar-refractivity contribution in [2.24, 2.45) is 0 Å². The first-order valence-electron chi connectivity index (χ1n) is 11.5. The van der Waals surface area contributed by atoms with Crippen LogP contribution in [0.4, 0.5) is 0 Å². The molecule has 5 heteroatoms. The molecule has 1 heterocycles. The van der Waals surface area contributed by atoms with E-state index in [9.17, 15) is 5.11 Å². The zero-order valence-electron chi connectivity index (χ0n) is 19.8. The van der Waals surface area contributed by atoms with Gasteiger partial charge in [-0.15, -0.1) is 0 Å². The van der Waals surface area contributed by atoms with Gasteiger partial charge in [-0.3, -0.25) is 4.90 Å². The molecular weight excluding hydrogens is 414 g/mol. The van der Waals surface area contributed by atoms with Gasteiger partial charge < -0.3 is 19.3 Å². The van der Waals surface area contributed by atoms with Crippen molar-refractivity contribution in [1.29, 1.82) is 0 Å². The number of ether oxygens (including phenoxy) is 3. The van der Waals surface area contributed by atoms with Crippen LogP contribution < -0.4 is 9.47 Å². The van der Waals surface area contributed by atoms with Crippen molar-refractivity contribution in [1.82, 2.24) is 4.90 Å². The maximum atomic E-state index is 11.4. The molecule has 4 rings (SSSR count). The highest BCUT2D eigenvalue weighted by molar-refractivity contribution is 5.40. The number of aliphatic hydroxyl groups excluding tert-OH is 1. The van der Waals surface area contributed by atoms with Gasteiger partial charge in [0.2, 0.25) is 0 Å². The van der Waals surface area contributed by atoms with E-state index in [1.165, 1.54) is 0 Å². The number of para-hydroxylation sites is 1. The Morgan fingerprint density at radius 3 is 2.45 bits per heavy atom. The summed E-state index contributed by atoms with van der Waals surface area (Å²) in [6.45, 7) is 7.11. The number of benzene rings is 3. The first-order chi connectivity index (χ1) is 15.9. The molecular formula is C28H33NO4. The standard InChI is InChI=1S/C28H33NO4/c1-5-29(25-23-16-9-10-17-24(23)33-28(2,3)26(25)30)27(31-4)21-14-11-15-22(18-21)32-19-20-12-7-6-8-13-20/h6-18,25-27,30H,5,19H2,1-4H3. The molecule has 0 fully saturated rings. The van der Waals surface area contributed by atoms with Crippen molar-refractivity contribution in [3.63, 3.8) is 0 Å². The fourth-order valence-electron chi connectivity index (χ4n) is 4.54. The largest absolute Gasteiger partial charge is 0.489 e. The molecule has 1 N–H and O–H groups in total. The first-order valence-corrected chi connectivity index (χ1v) is 11.5. The summed E-state index contributed by atoms with van der Waals surface area (Å²) in [5.41, 5.74) is 2.32. The highest BCUT2D eigenvalue weighted by Crippen LogP contribution is 2.45. The minimum absolute atomic E-state index is 0.284. The quantitative estimate of drug-likeness (QED) is 0.462. The van der Waals surface area contributed by atoms with Gasteiger partial charge in [-0.05, 0) is 49.7 Å². The molecule has 3 unspecified atom stereocenters. The van der Waals surface area contributed by atoms with Crippen molar-refractivity contribution in [3.8, 4) is 11.5 Å². The molecule has 0 spiro atoms. The molecule has 1 aliphatic rings. The van der Waals surface area contributed by atoms with Crippen LogP contribution in [0.5, 0.6) is 11.5 Å². The Kier molecular flexibility index (Phi) is 7.03. The van der Waals surface area contributed by atoms with Crippen LogP contribution in [-0.4, -0.2) is 35.4 Å². The Bertz CT molecular complexity index is 1050. The van der Waals surface area contributed by atoms with Crippen molar-refractivity contribution in [2.75, 3.05) is 13.7 Å². The summed E-state index contributed by atoms with van der Waals surface area (Å²) < 4.78 is 18.2. The molecule has 0 amide bonds. The number of fused-ring (bicyclic) bond motifs is 1. The van der Waals surface area contributed by atoms with Gasteiger partial charge in [0.15, 0.2) is 0 Å². The predicted octanol–water partition coefficient (Wildman–Crippen LogP) is 5.51. The lowest BCUT2D eigenvalue weighted by Gasteiger charge is -2.48. The number of aliphatic hydroxyl groups is 1. The van der Waals surface area contributed by atoms with Gasteiger partial charge in [-0.2, -0.15) is 0 Å². The van der Waals surface area contributed by atoms with E-state index in [-0.39, 0.29) is 12.3 Å². The van der Waals surface area contributed by atoms with Crippen LogP contribution in [0.25, 0.3) is 0 Å². The van der Waals surface area contributed by atoms with E-state index in [0.29, 0.717) is 13.2 Å². The van der Waals surface area contributed by atoms with Crippen molar-refractivity contribution >= 4 is 0 Å². The molecule has 0 bridgehead atoms. The average Bonchev–Trinajstić information content (AvgIpc) is 2.83. The number of methoxy groups -OCH3 is 1. The Hall–Kier alpha value is -2.86. The summed E-state index contributed by atoms with van der Waals surface area (Å²) in [6.07, 6.45) is -1.10. The SMILES string of the molecule is CCN(C(OC)c1cccc(OCc2ccccc2)c1)C1c2ccccc2OC(C)(C)C1O. The summed E-state index contributed by atoms with van der Waals surface area (Å²) in [5.74, 6) is 1.58. The van der Waals surface area contributed by atoms with Crippen molar-refractivity contribution in [3.05, 3.63) is 95.6 Å². The number of likely N-dealkylation sites (N-methyl/N-ethyl adjacent to an activating group) is 1. The number of hydrogen-bond donors (Lipinski definition) is 1. The topological polar surface area (TPSA) is 51.2 Å². The summed E-state index contributed by atoms with van der Waals surface area (Å²) in [6, 6.07) is 25.7. The van der Waals surface area contributed by atoms with Gasteiger partial charge >= 0.3 is 0 Å². The number of rotatable bonds is 8. The van der Waals surface area contributed by atoms with Gasteiger partial charge in [0.25, 0.3) is 0 Å². The second-order valence-corrected chi connectivity index (χ2v) is 8.90. The van der Waals surface area contributed by atoms with E-state index < -0.39 is 11.7 Å². The highest BCUT2D eigenvalue weighted by atomic mass is 16.5. The first kappa shape index (κ1) is 23.3. The fraction of sp³-hybridized carbons (Fsp3) is 0.357. The van der Waals surface area contributed by atoms with Gasteiger partial charge in [0, 0.05) is 12.7 Å². The highest BCUT2D eigenvalue weighted by Gasteiger charge is 2.46. The van der Waals surface area contributed by atoms with E-state index in [0.717, 1.165) is 28.2 Å². The molecule has 0 saturated carbocycles. The minimum atomic E-state index is -0.734. The molecule has 0 aromatic heterocycles. The number of hydrogen-bond acceptors (Lipinski definition) is 5. The van der Waals surface area contributed by atoms with Crippen LogP contribution in [0.2, 0.25) is 0 Å². The van der Waals surface area contributed by atoms with E-state index in [1.807, 2.05) is 92.7 Å². The Morgan fingerprint density at radius 1 is 1.00 bits per heavy atom. The smallest absolute Gasteiger partial charge is 0.137 e. The van der Waals surface area contributed by atoms with Crippen LogP contribution in [0, 0.1) is 0 Å². The molecule has 3 atom stereocenters. The van der Waals surface area contributed by atoms with E-state index >= 15 is 0 Å². The summed E-state index contributed by atoms with van der Waals surface area (Å²) in [4.78, 5) is 2.18. The molecule has 5 nitrogen and oxygen atoms in total. The summed E-state index contributed by atoms with van der Waals surface area (Å²) in [7, 11) is 1.70. The monoisotopic (exact) mass is 447 g/mol. The van der Waals surface area contributed by atoms with Gasteiger partial charge in [-0.1, -0.05) is 67.6 Å². The van der Waals surface area contributed by atoms with Crippen LogP contribution in [0.1, 0.15) is 49.7 Å². The summed E-state index contributed by atoms with van der Waals surface area (Å²) >= 11 is 0. The molecule has 3 aromatic rings. The average molecular weight is 448 g/mol. The van der Waals surface area contributed by atoms with E-state index in [1.54, 1.807) is 7.11 Å². The second kappa shape index (κ2) is 9.96. The maximum Gasteiger partial charge on any atom is 0.137 e. The predicted molar refractivity (Wildman–Crippen MR) is 129 cm³/mol. The molecule has 0 saturated heterocycles. The normalized spacial score (nSPS) is 20.1. The Labute approximate surface area is 196 Å². The van der Waals surface area contributed by atoms with Crippen LogP contribution in [0.3, 0.4) is 0 Å². The molecule has 3 aromatic carbocycles. The minimum Gasteiger partial charge on any atom is -0.489 e. The summed E-state index contributed by atoms with van der Waals surface area (Å²) in [5, 5.41) is 11.4. The van der Waals surface area contributed by atoms with Gasteiger partial charge in [0.05, 0.1) is 6.04 Å². The van der Waals surface area contributed by atoms with Gasteiger partial charge in [0.1, 0.15) is 36.0 Å². The van der Waals surface area contributed by atoms with Crippen molar-refractivity contribution < 1.29 is 19.3 Å². The third-order valence-electron chi connectivity index (χ3n) is 6.26. The van der Waals surface area contributed by atoms with E-state index in [4.69, 9.17) is 14.2 Å². The van der Waals surface area contributed by atoms with E-state index in [2.05, 4.69) is 11.8 Å². The third-order valence-corrected chi connectivity index (χ3v) is 6.26. The Morgan fingerprint density at radius 2 is 1.73 bits per heavy atom. The Balaban J connectivity index is 1.63. The lowest BCUT2D eigenvalue weighted by atomic mass is 9.85. The van der Waals surface area contributed by atoms with Crippen LogP contribution in [-0.2, 0) is 11.3 Å². The van der Waals surface area contributed by atoms with Crippen LogP contribution >= 0.6 is 0 Å². The zero-order chi connectivity index (χ0) is 23.4. The molecule has 33 heavy (non-hydrogen) atoms. The zero-order valence-corrected chi connectivity index (χ0v) is 19.8. The van der Waals surface area contributed by atoms with Crippen molar-refractivity contribution in [2.45, 2.75) is 51.4 Å². The number of nitrogens with zero attached hydrogens (tertiary/aromatic N) is 1. The molecule has 0 radical (unpaired) electrons.